The topological polar surface area (TPSA) is 101 Å². The third-order valence-electron chi connectivity index (χ3n) is 3.88. The number of hydrogen-bond donors (Lipinski definition) is 2. The van der Waals surface area contributed by atoms with Gasteiger partial charge in [0.1, 0.15) is 11.7 Å². The first-order valence-corrected chi connectivity index (χ1v) is 9.97. The molecule has 0 saturated carbocycles. The zero-order valence-corrected chi connectivity index (χ0v) is 16.4. The maximum Gasteiger partial charge on any atom is 0.423 e. The average Bonchev–Trinajstić information content (AvgIpc) is 2.52. The van der Waals surface area contributed by atoms with Crippen LogP contribution in [0.15, 0.2) is 35.4 Å². The SMILES string of the molecule is CC(Oc1nc(Nc2ccc(S(C)(=O)=O)cc2)ncc1C(F)(F)F)C(C)(C)O. The molecule has 7 nitrogen and oxygen atoms in total. The van der Waals surface area contributed by atoms with E-state index in [0.717, 1.165) is 6.26 Å². The number of sulfone groups is 1. The third-order valence-corrected chi connectivity index (χ3v) is 5.01. The Labute approximate surface area is 160 Å². The molecule has 1 aromatic heterocycles. The Morgan fingerprint density at radius 1 is 1.18 bits per heavy atom. The van der Waals surface area contributed by atoms with Gasteiger partial charge in [-0.1, -0.05) is 0 Å². The second-order valence-electron chi connectivity index (χ2n) is 6.75. The van der Waals surface area contributed by atoms with Gasteiger partial charge in [-0.15, -0.1) is 0 Å². The van der Waals surface area contributed by atoms with Crippen LogP contribution in [0.1, 0.15) is 26.3 Å². The molecule has 11 heteroatoms. The van der Waals surface area contributed by atoms with Crippen LogP contribution in [-0.2, 0) is 16.0 Å². The predicted octanol–water partition coefficient (Wildman–Crippen LogP) is 3.18. The van der Waals surface area contributed by atoms with Gasteiger partial charge in [0.05, 0.1) is 10.5 Å². The Balaban J connectivity index is 2.34. The molecule has 0 amide bonds. The number of alkyl halides is 3. The number of nitrogens with one attached hydrogen (secondary N) is 1. The fourth-order valence-electron chi connectivity index (χ4n) is 1.94. The van der Waals surface area contributed by atoms with E-state index in [4.69, 9.17) is 4.74 Å². The zero-order valence-electron chi connectivity index (χ0n) is 15.6. The largest absolute Gasteiger partial charge is 0.471 e. The van der Waals surface area contributed by atoms with Crippen LogP contribution in [-0.4, -0.2) is 41.5 Å². The molecule has 2 aromatic rings. The molecule has 154 valence electrons. The van der Waals surface area contributed by atoms with Crippen LogP contribution in [0.4, 0.5) is 24.8 Å². The number of halogens is 3. The van der Waals surface area contributed by atoms with Gasteiger partial charge in [-0.2, -0.15) is 18.2 Å². The number of nitrogens with zero attached hydrogens (tertiary/aromatic N) is 2. The minimum absolute atomic E-state index is 0.0920. The van der Waals surface area contributed by atoms with E-state index in [1.165, 1.54) is 45.0 Å². The second-order valence-corrected chi connectivity index (χ2v) is 8.76. The molecule has 2 rings (SSSR count). The van der Waals surface area contributed by atoms with Gasteiger partial charge in [0, 0.05) is 18.1 Å². The van der Waals surface area contributed by atoms with E-state index in [0.29, 0.717) is 11.9 Å². The van der Waals surface area contributed by atoms with Gasteiger partial charge < -0.3 is 15.2 Å². The van der Waals surface area contributed by atoms with Crippen LogP contribution in [0.5, 0.6) is 5.88 Å². The molecule has 0 bridgehead atoms. The molecule has 1 atom stereocenters. The summed E-state index contributed by atoms with van der Waals surface area (Å²) in [6, 6.07) is 5.54. The van der Waals surface area contributed by atoms with Crippen molar-refractivity contribution in [2.24, 2.45) is 0 Å². The van der Waals surface area contributed by atoms with E-state index in [2.05, 4.69) is 15.3 Å². The molecule has 0 fully saturated rings. The Morgan fingerprint density at radius 3 is 2.21 bits per heavy atom. The van der Waals surface area contributed by atoms with Gasteiger partial charge in [0.2, 0.25) is 11.8 Å². The molecule has 28 heavy (non-hydrogen) atoms. The average molecular weight is 419 g/mol. The second kappa shape index (κ2) is 7.55. The first kappa shape index (κ1) is 21.9. The first-order chi connectivity index (χ1) is 12.7. The lowest BCUT2D eigenvalue weighted by molar-refractivity contribution is -0.141. The number of ether oxygens (including phenoxy) is 1. The number of aromatic nitrogens is 2. The number of aliphatic hydroxyl groups is 1. The maximum absolute atomic E-state index is 13.2. The van der Waals surface area contributed by atoms with Crippen molar-refractivity contribution < 1.29 is 31.4 Å². The van der Waals surface area contributed by atoms with E-state index in [-0.39, 0.29) is 10.8 Å². The van der Waals surface area contributed by atoms with E-state index >= 15 is 0 Å². The maximum atomic E-state index is 13.2. The normalized spacial score (nSPS) is 13.9. The van der Waals surface area contributed by atoms with Crippen LogP contribution in [0.25, 0.3) is 0 Å². The van der Waals surface area contributed by atoms with Gasteiger partial charge >= 0.3 is 6.18 Å². The molecule has 0 saturated heterocycles. The minimum atomic E-state index is -4.75. The molecular weight excluding hydrogens is 399 g/mol. The van der Waals surface area contributed by atoms with E-state index in [9.17, 15) is 26.7 Å². The van der Waals surface area contributed by atoms with Crippen LogP contribution in [0.3, 0.4) is 0 Å². The van der Waals surface area contributed by atoms with Crippen molar-refractivity contribution in [3.8, 4) is 5.88 Å². The Morgan fingerprint density at radius 2 is 1.75 bits per heavy atom. The van der Waals surface area contributed by atoms with Crippen molar-refractivity contribution in [2.45, 2.75) is 43.5 Å². The Hall–Kier alpha value is -2.40. The van der Waals surface area contributed by atoms with Crippen molar-refractivity contribution in [2.75, 3.05) is 11.6 Å². The monoisotopic (exact) mass is 419 g/mol. The van der Waals surface area contributed by atoms with Crippen molar-refractivity contribution >= 4 is 21.5 Å². The number of hydrogen-bond acceptors (Lipinski definition) is 7. The van der Waals surface area contributed by atoms with Crippen LogP contribution in [0.2, 0.25) is 0 Å². The van der Waals surface area contributed by atoms with Crippen molar-refractivity contribution in [3.63, 3.8) is 0 Å². The van der Waals surface area contributed by atoms with E-state index in [1.807, 2.05) is 0 Å². The van der Waals surface area contributed by atoms with Crippen molar-refractivity contribution in [1.82, 2.24) is 9.97 Å². The minimum Gasteiger partial charge on any atom is -0.471 e. The summed E-state index contributed by atoms with van der Waals surface area (Å²) < 4.78 is 67.8. The molecule has 2 N–H and O–H groups in total. The van der Waals surface area contributed by atoms with E-state index in [1.54, 1.807) is 0 Å². The highest BCUT2D eigenvalue weighted by molar-refractivity contribution is 7.90. The molecule has 1 unspecified atom stereocenters. The fourth-order valence-corrected chi connectivity index (χ4v) is 2.57. The van der Waals surface area contributed by atoms with Crippen molar-refractivity contribution in [3.05, 3.63) is 36.0 Å². The van der Waals surface area contributed by atoms with E-state index < -0.39 is 39.2 Å². The van der Waals surface area contributed by atoms with Crippen LogP contribution < -0.4 is 10.1 Å². The lowest BCUT2D eigenvalue weighted by Gasteiger charge is -2.27. The summed E-state index contributed by atoms with van der Waals surface area (Å²) in [5.41, 5.74) is -2.21. The highest BCUT2D eigenvalue weighted by Gasteiger charge is 2.38. The quantitative estimate of drug-likeness (QED) is 0.742. The highest BCUT2D eigenvalue weighted by atomic mass is 32.2. The van der Waals surface area contributed by atoms with Crippen molar-refractivity contribution in [1.29, 1.82) is 0 Å². The third kappa shape index (κ3) is 5.55. The standard InChI is InChI=1S/C17H20F3N3O4S/c1-10(16(2,3)24)27-14-13(17(18,19)20)9-21-15(23-14)22-11-5-7-12(8-6-11)28(4,25)26/h5-10,24H,1-4H3,(H,21,22,23). The highest BCUT2D eigenvalue weighted by Crippen LogP contribution is 2.36. The van der Waals surface area contributed by atoms with Gasteiger partial charge in [-0.05, 0) is 45.0 Å². The summed E-state index contributed by atoms with van der Waals surface area (Å²) in [4.78, 5) is 7.50. The summed E-state index contributed by atoms with van der Waals surface area (Å²) in [5.74, 6) is -0.912. The molecule has 0 aliphatic carbocycles. The number of benzene rings is 1. The molecular formula is C17H20F3N3O4S. The molecule has 0 spiro atoms. The lowest BCUT2D eigenvalue weighted by Crippen LogP contribution is -2.38. The fraction of sp³-hybridized carbons (Fsp3) is 0.412. The van der Waals surface area contributed by atoms with Gasteiger partial charge in [-0.25, -0.2) is 13.4 Å². The summed E-state index contributed by atoms with van der Waals surface area (Å²) in [5, 5.41) is 12.6. The molecule has 0 radical (unpaired) electrons. The molecule has 0 aliphatic rings. The summed E-state index contributed by atoms with van der Waals surface area (Å²) in [6.45, 7) is 4.21. The lowest BCUT2D eigenvalue weighted by atomic mass is 10.0. The Kier molecular flexibility index (Phi) is 5.90. The summed E-state index contributed by atoms with van der Waals surface area (Å²) in [6.07, 6.45) is -4.09. The summed E-state index contributed by atoms with van der Waals surface area (Å²) in [7, 11) is -3.38. The predicted molar refractivity (Wildman–Crippen MR) is 96.3 cm³/mol. The smallest absolute Gasteiger partial charge is 0.423 e. The molecule has 1 heterocycles. The molecule has 0 aliphatic heterocycles. The Bertz CT molecular complexity index is 940. The van der Waals surface area contributed by atoms with Gasteiger partial charge in [-0.3, -0.25) is 0 Å². The number of rotatable bonds is 6. The van der Waals surface area contributed by atoms with Gasteiger partial charge in [0.15, 0.2) is 9.84 Å². The first-order valence-electron chi connectivity index (χ1n) is 8.08. The van der Waals surface area contributed by atoms with Crippen LogP contribution >= 0.6 is 0 Å². The zero-order chi connectivity index (χ0) is 21.3. The summed E-state index contributed by atoms with van der Waals surface area (Å²) >= 11 is 0. The number of anilines is 2. The van der Waals surface area contributed by atoms with Crippen LogP contribution in [0, 0.1) is 0 Å². The molecule has 1 aromatic carbocycles. The van der Waals surface area contributed by atoms with Gasteiger partial charge in [0.25, 0.3) is 0 Å².